The molecule has 0 atom stereocenters. The molecule has 3 N–H and O–H groups in total. The van der Waals surface area contributed by atoms with Crippen molar-refractivity contribution in [2.24, 2.45) is 0 Å². The minimum absolute atomic E-state index is 0.357. The van der Waals surface area contributed by atoms with Crippen LogP contribution in [0, 0.1) is 0 Å². The van der Waals surface area contributed by atoms with Gasteiger partial charge in [-0.1, -0.05) is 97.1 Å². The van der Waals surface area contributed by atoms with Gasteiger partial charge in [0, 0.05) is 28.7 Å². The highest BCUT2D eigenvalue weighted by Gasteiger charge is 2.10. The summed E-state index contributed by atoms with van der Waals surface area (Å²) in [5.74, 6) is 0.714. The largest absolute Gasteiger partial charge is 0.507 e. The number of rotatable bonds is 0. The van der Waals surface area contributed by atoms with Crippen LogP contribution in [-0.2, 0) is 0 Å². The third-order valence-corrected chi connectivity index (χ3v) is 7.01. The quantitative estimate of drug-likeness (QED) is 0.197. The van der Waals surface area contributed by atoms with E-state index in [0.29, 0.717) is 11.5 Å². The molecule has 0 heterocycles. The Morgan fingerprint density at radius 3 is 0.972 bits per heavy atom. The second kappa shape index (κ2) is 8.56. The summed E-state index contributed by atoms with van der Waals surface area (Å²) in [6.45, 7) is 0. The average Bonchev–Trinajstić information content (AvgIpc) is 2.94. The smallest absolute Gasteiger partial charge is 0.123 e. The Labute approximate surface area is 207 Å². The molecule has 0 saturated heterocycles. The molecule has 8 aromatic rings. The van der Waals surface area contributed by atoms with E-state index in [0.717, 1.165) is 17.9 Å². The lowest BCUT2D eigenvalue weighted by Crippen LogP contribution is -1.83. The molecule has 8 aromatic carbocycles. The maximum absolute atomic E-state index is 9.95. The highest BCUT2D eigenvalue weighted by Crippen LogP contribution is 2.39. The molecule has 0 saturated carbocycles. The summed E-state index contributed by atoms with van der Waals surface area (Å²) >= 11 is 0. The molecule has 0 aliphatic rings. The molecular formula is C33H24O3. The Balaban J connectivity index is 0.000000125. The van der Waals surface area contributed by atoms with Crippen molar-refractivity contribution >= 4 is 64.6 Å². The molecule has 0 aliphatic heterocycles. The molecule has 0 unspecified atom stereocenters. The highest BCUT2D eigenvalue weighted by atomic mass is 16.3. The molecule has 0 aliphatic carbocycles. The molecule has 0 aromatic heterocycles. The van der Waals surface area contributed by atoms with Crippen LogP contribution in [0.4, 0.5) is 0 Å². The van der Waals surface area contributed by atoms with Gasteiger partial charge in [0.2, 0.25) is 0 Å². The Hall–Kier alpha value is -4.60. The van der Waals surface area contributed by atoms with Crippen molar-refractivity contribution in [1.82, 2.24) is 0 Å². The first kappa shape index (κ1) is 21.9. The fraction of sp³-hybridized carbons (Fsp3) is 0.0303. The van der Waals surface area contributed by atoms with Crippen molar-refractivity contribution in [3.63, 3.8) is 0 Å². The zero-order chi connectivity index (χ0) is 24.8. The van der Waals surface area contributed by atoms with E-state index in [4.69, 9.17) is 5.11 Å². The minimum atomic E-state index is 0.357. The van der Waals surface area contributed by atoms with Crippen LogP contribution in [-0.4, -0.2) is 22.4 Å². The van der Waals surface area contributed by atoms with Crippen molar-refractivity contribution in [3.05, 3.63) is 109 Å². The summed E-state index contributed by atoms with van der Waals surface area (Å²) in [5, 5.41) is 40.9. The van der Waals surface area contributed by atoms with E-state index in [1.807, 2.05) is 24.3 Å². The molecule has 174 valence electrons. The topological polar surface area (TPSA) is 60.7 Å². The van der Waals surface area contributed by atoms with Gasteiger partial charge >= 0.3 is 0 Å². The second-order valence-corrected chi connectivity index (χ2v) is 8.88. The van der Waals surface area contributed by atoms with Crippen molar-refractivity contribution in [1.29, 1.82) is 0 Å². The molecule has 0 fully saturated rings. The number of hydrogen-bond acceptors (Lipinski definition) is 3. The molecule has 0 radical (unpaired) electrons. The first-order valence-electron chi connectivity index (χ1n) is 11.8. The average molecular weight is 469 g/mol. The summed E-state index contributed by atoms with van der Waals surface area (Å²) < 4.78 is 0. The first-order valence-corrected chi connectivity index (χ1v) is 11.8. The summed E-state index contributed by atoms with van der Waals surface area (Å²) in [4.78, 5) is 0. The van der Waals surface area contributed by atoms with Crippen molar-refractivity contribution in [3.8, 4) is 11.5 Å². The monoisotopic (exact) mass is 468 g/mol. The van der Waals surface area contributed by atoms with Gasteiger partial charge in [0.25, 0.3) is 0 Å². The summed E-state index contributed by atoms with van der Waals surface area (Å²) in [5.41, 5.74) is 0. The molecule has 8 rings (SSSR count). The van der Waals surface area contributed by atoms with Gasteiger partial charge < -0.3 is 15.3 Å². The number of aliphatic hydroxyl groups is 1. The van der Waals surface area contributed by atoms with Gasteiger partial charge in [-0.3, -0.25) is 0 Å². The van der Waals surface area contributed by atoms with Crippen LogP contribution in [0.1, 0.15) is 0 Å². The van der Waals surface area contributed by atoms with Crippen LogP contribution < -0.4 is 0 Å². The molecule has 0 spiro atoms. The molecule has 0 amide bonds. The molecule has 36 heavy (non-hydrogen) atoms. The van der Waals surface area contributed by atoms with Crippen molar-refractivity contribution in [2.45, 2.75) is 0 Å². The first-order chi connectivity index (χ1) is 17.7. The fourth-order valence-corrected chi connectivity index (χ4v) is 5.44. The fourth-order valence-electron chi connectivity index (χ4n) is 5.44. The van der Waals surface area contributed by atoms with Gasteiger partial charge in [-0.25, -0.2) is 0 Å². The van der Waals surface area contributed by atoms with E-state index in [1.165, 1.54) is 53.9 Å². The normalized spacial score (nSPS) is 11.3. The number of aromatic hydroxyl groups is 2. The van der Waals surface area contributed by atoms with Crippen molar-refractivity contribution < 1.29 is 15.3 Å². The summed E-state index contributed by atoms with van der Waals surface area (Å²) in [6.07, 6.45) is 0. The van der Waals surface area contributed by atoms with Crippen LogP contribution in [0.15, 0.2) is 109 Å². The van der Waals surface area contributed by atoms with Crippen LogP contribution >= 0.6 is 0 Å². The van der Waals surface area contributed by atoms with Gasteiger partial charge in [0.1, 0.15) is 11.5 Å². The maximum atomic E-state index is 9.95. The van der Waals surface area contributed by atoms with E-state index in [2.05, 4.69) is 72.8 Å². The third-order valence-electron chi connectivity index (χ3n) is 7.01. The number of aliphatic hydroxyl groups excluding tert-OH is 1. The van der Waals surface area contributed by atoms with E-state index < -0.39 is 0 Å². The van der Waals surface area contributed by atoms with Gasteiger partial charge in [-0.05, 0) is 55.2 Å². The van der Waals surface area contributed by atoms with Crippen LogP contribution in [0.25, 0.3) is 64.6 Å². The molecule has 0 bridgehead atoms. The van der Waals surface area contributed by atoms with E-state index >= 15 is 0 Å². The summed E-state index contributed by atoms with van der Waals surface area (Å²) in [6, 6.07) is 36.7. The van der Waals surface area contributed by atoms with Crippen LogP contribution in [0.3, 0.4) is 0 Å². The predicted octanol–water partition coefficient (Wildman–Crippen LogP) is 8.19. The van der Waals surface area contributed by atoms with Crippen LogP contribution in [0.5, 0.6) is 11.5 Å². The van der Waals surface area contributed by atoms with Gasteiger partial charge in [-0.15, -0.1) is 0 Å². The lowest BCUT2D eigenvalue weighted by molar-refractivity contribution is 0.399. The zero-order valence-electron chi connectivity index (χ0n) is 19.7. The van der Waals surface area contributed by atoms with Gasteiger partial charge in [0.05, 0.1) is 0 Å². The Bertz CT molecular complexity index is 1810. The number of benzene rings is 8. The van der Waals surface area contributed by atoms with Gasteiger partial charge in [0.15, 0.2) is 0 Å². The number of phenolic OH excluding ortho intramolecular Hbond substituents is 2. The standard InChI is InChI=1S/2C16H10O.CH4O/c2*17-14-9-7-12-5-4-10-2-1-3-11-6-8-13(14)16(12)15(10)11;1-2/h2*1-9,17H;2H,1H3. The maximum Gasteiger partial charge on any atom is 0.123 e. The Morgan fingerprint density at radius 1 is 0.333 bits per heavy atom. The van der Waals surface area contributed by atoms with Crippen LogP contribution in [0.2, 0.25) is 0 Å². The highest BCUT2D eigenvalue weighted by molar-refractivity contribution is 6.25. The van der Waals surface area contributed by atoms with E-state index in [1.54, 1.807) is 12.1 Å². The molecule has 3 heteroatoms. The number of hydrogen-bond donors (Lipinski definition) is 3. The molecule has 3 nitrogen and oxygen atoms in total. The number of phenols is 2. The minimum Gasteiger partial charge on any atom is -0.507 e. The van der Waals surface area contributed by atoms with E-state index in [9.17, 15) is 10.2 Å². The second-order valence-electron chi connectivity index (χ2n) is 8.88. The SMILES string of the molecule is CO.Oc1ccc2ccc3cccc4ccc1c2c34.Oc1ccc2ccc3cccc4ccc1c2c34. The third kappa shape index (κ3) is 3.25. The summed E-state index contributed by atoms with van der Waals surface area (Å²) in [7, 11) is 1.00. The molecular weight excluding hydrogens is 444 g/mol. The van der Waals surface area contributed by atoms with Crippen molar-refractivity contribution in [2.75, 3.05) is 7.11 Å². The Kier molecular flexibility index (Phi) is 5.21. The Morgan fingerprint density at radius 2 is 0.611 bits per heavy atom. The van der Waals surface area contributed by atoms with E-state index in [-0.39, 0.29) is 0 Å². The zero-order valence-corrected chi connectivity index (χ0v) is 19.7. The van der Waals surface area contributed by atoms with Gasteiger partial charge in [-0.2, -0.15) is 0 Å². The predicted molar refractivity (Wildman–Crippen MR) is 152 cm³/mol. The lowest BCUT2D eigenvalue weighted by atomic mass is 9.94. The lowest BCUT2D eigenvalue weighted by Gasteiger charge is -2.11.